The molecule has 0 amide bonds. The van der Waals surface area contributed by atoms with Gasteiger partial charge in [-0.2, -0.15) is 0 Å². The average molecular weight is 448 g/mol. The van der Waals surface area contributed by atoms with Crippen molar-refractivity contribution in [2.24, 2.45) is 0 Å². The number of hydrogen-bond acceptors (Lipinski definition) is 4. The van der Waals surface area contributed by atoms with Crippen molar-refractivity contribution >= 4 is 59.8 Å². The van der Waals surface area contributed by atoms with E-state index >= 15 is 0 Å². The highest BCUT2D eigenvalue weighted by Crippen LogP contribution is 2.37. The molecular formula is C21H22ClN3O2S2. The third kappa shape index (κ3) is 3.88. The highest BCUT2D eigenvalue weighted by Gasteiger charge is 2.24. The number of anilines is 1. The van der Waals surface area contributed by atoms with Crippen molar-refractivity contribution in [2.45, 2.75) is 17.6 Å². The summed E-state index contributed by atoms with van der Waals surface area (Å²) in [5, 5.41) is 2.50. The summed E-state index contributed by atoms with van der Waals surface area (Å²) in [5.41, 5.74) is 2.60. The van der Waals surface area contributed by atoms with Crippen LogP contribution in [0.25, 0.3) is 21.0 Å². The van der Waals surface area contributed by atoms with Crippen molar-refractivity contribution < 1.29 is 8.42 Å². The summed E-state index contributed by atoms with van der Waals surface area (Å²) < 4.78 is 30.6. The molecule has 0 aliphatic carbocycles. The SMILES string of the molecule is Cc1c(S(=O)(=O)Nc2[nH]c3ccccc3c2CCN(C)C)sc2ccc(Cl)cc12. The van der Waals surface area contributed by atoms with Crippen LogP contribution in [0.2, 0.25) is 5.02 Å². The third-order valence-corrected chi connectivity index (χ3v) is 8.44. The molecule has 152 valence electrons. The predicted octanol–water partition coefficient (Wildman–Crippen LogP) is 5.25. The van der Waals surface area contributed by atoms with E-state index in [1.165, 1.54) is 11.3 Å². The van der Waals surface area contributed by atoms with E-state index in [-0.39, 0.29) is 0 Å². The van der Waals surface area contributed by atoms with Gasteiger partial charge in [0.15, 0.2) is 0 Å². The lowest BCUT2D eigenvalue weighted by Gasteiger charge is -2.12. The molecule has 8 heteroatoms. The number of thiophene rings is 1. The van der Waals surface area contributed by atoms with E-state index in [2.05, 4.69) is 14.6 Å². The molecule has 4 rings (SSSR count). The van der Waals surface area contributed by atoms with Gasteiger partial charge in [-0.15, -0.1) is 11.3 Å². The van der Waals surface area contributed by atoms with Crippen LogP contribution in [0.4, 0.5) is 5.82 Å². The Kier molecular flexibility index (Phi) is 5.33. The smallest absolute Gasteiger partial charge is 0.272 e. The molecule has 0 radical (unpaired) electrons. The highest BCUT2D eigenvalue weighted by atomic mass is 35.5. The first-order valence-corrected chi connectivity index (χ1v) is 11.9. The summed E-state index contributed by atoms with van der Waals surface area (Å²) in [6, 6.07) is 13.3. The Morgan fingerprint density at radius 1 is 1.14 bits per heavy atom. The van der Waals surface area contributed by atoms with Crippen LogP contribution in [0.15, 0.2) is 46.7 Å². The number of nitrogens with zero attached hydrogens (tertiary/aromatic N) is 1. The largest absolute Gasteiger partial charge is 0.341 e. The Morgan fingerprint density at radius 3 is 2.66 bits per heavy atom. The number of aromatic amines is 1. The first-order valence-electron chi connectivity index (χ1n) is 9.22. The Morgan fingerprint density at radius 2 is 1.90 bits per heavy atom. The number of aromatic nitrogens is 1. The number of para-hydroxylation sites is 1. The van der Waals surface area contributed by atoms with Gasteiger partial charge < -0.3 is 9.88 Å². The van der Waals surface area contributed by atoms with Crippen LogP contribution in [-0.2, 0) is 16.4 Å². The molecule has 0 unspecified atom stereocenters. The minimum absolute atomic E-state index is 0.312. The molecule has 0 atom stereocenters. The summed E-state index contributed by atoms with van der Waals surface area (Å²) >= 11 is 7.36. The molecule has 29 heavy (non-hydrogen) atoms. The first kappa shape index (κ1) is 20.2. The number of H-pyrrole nitrogens is 1. The van der Waals surface area contributed by atoms with Crippen LogP contribution in [0.3, 0.4) is 0 Å². The number of nitrogens with one attached hydrogen (secondary N) is 2. The summed E-state index contributed by atoms with van der Waals surface area (Å²) in [5.74, 6) is 0.530. The summed E-state index contributed by atoms with van der Waals surface area (Å²) in [6.07, 6.45) is 0.732. The van der Waals surface area contributed by atoms with Crippen LogP contribution >= 0.6 is 22.9 Å². The molecule has 4 aromatic rings. The topological polar surface area (TPSA) is 65.2 Å². The van der Waals surface area contributed by atoms with Gasteiger partial charge in [-0.05, 0) is 62.7 Å². The lowest BCUT2D eigenvalue weighted by atomic mass is 10.1. The zero-order valence-electron chi connectivity index (χ0n) is 16.4. The fourth-order valence-electron chi connectivity index (χ4n) is 3.49. The van der Waals surface area contributed by atoms with E-state index in [0.717, 1.165) is 39.5 Å². The van der Waals surface area contributed by atoms with Gasteiger partial charge in [0.2, 0.25) is 0 Å². The van der Waals surface area contributed by atoms with Crippen molar-refractivity contribution in [3.63, 3.8) is 0 Å². The van der Waals surface area contributed by atoms with E-state index in [4.69, 9.17) is 11.6 Å². The molecule has 0 saturated heterocycles. The maximum atomic E-state index is 13.3. The standard InChI is InChI=1S/C21H22ClN3O2S2/c1-13-17-12-14(22)8-9-19(17)28-21(13)29(26,27)24-20-16(10-11-25(2)3)15-6-4-5-7-18(15)23-20/h4-9,12,23-24H,10-11H2,1-3H3. The maximum absolute atomic E-state index is 13.3. The van der Waals surface area contributed by atoms with Crippen molar-refractivity contribution in [1.29, 1.82) is 0 Å². The van der Waals surface area contributed by atoms with Crippen LogP contribution < -0.4 is 4.72 Å². The van der Waals surface area contributed by atoms with Crippen molar-refractivity contribution in [3.05, 3.63) is 58.6 Å². The number of hydrogen-bond donors (Lipinski definition) is 2. The Bertz CT molecular complexity index is 1310. The second kappa shape index (κ2) is 7.65. The molecule has 0 saturated carbocycles. The number of aryl methyl sites for hydroxylation is 1. The molecule has 2 aromatic heterocycles. The third-order valence-electron chi connectivity index (χ3n) is 4.96. The fourth-order valence-corrected chi connectivity index (χ4v) is 6.46. The number of sulfonamides is 1. The second-order valence-electron chi connectivity index (χ2n) is 7.34. The molecule has 0 aliphatic heterocycles. The average Bonchev–Trinajstić information content (AvgIpc) is 3.17. The Hall–Kier alpha value is -2.06. The first-order chi connectivity index (χ1) is 13.8. The zero-order valence-corrected chi connectivity index (χ0v) is 18.8. The van der Waals surface area contributed by atoms with Crippen molar-refractivity contribution in [2.75, 3.05) is 25.4 Å². The normalized spacial score (nSPS) is 12.3. The monoisotopic (exact) mass is 447 g/mol. The number of halogens is 1. The Balaban J connectivity index is 1.78. The van der Waals surface area contributed by atoms with Crippen LogP contribution in [-0.4, -0.2) is 38.9 Å². The second-order valence-corrected chi connectivity index (χ2v) is 10.7. The highest BCUT2D eigenvalue weighted by molar-refractivity contribution is 7.94. The van der Waals surface area contributed by atoms with Crippen molar-refractivity contribution in [1.82, 2.24) is 9.88 Å². The minimum atomic E-state index is -3.75. The molecule has 2 N–H and O–H groups in total. The zero-order chi connectivity index (χ0) is 20.8. The molecule has 0 bridgehead atoms. The number of likely N-dealkylation sites (N-methyl/N-ethyl adjacent to an activating group) is 1. The minimum Gasteiger partial charge on any atom is -0.341 e. The molecule has 2 heterocycles. The van der Waals surface area contributed by atoms with Gasteiger partial charge in [-0.25, -0.2) is 8.42 Å². The van der Waals surface area contributed by atoms with Crippen LogP contribution in [0.5, 0.6) is 0 Å². The molecule has 0 spiro atoms. The van der Waals surface area contributed by atoms with E-state index in [1.54, 1.807) is 6.07 Å². The Labute approximate surface area is 179 Å². The van der Waals surface area contributed by atoms with Gasteiger partial charge in [0.25, 0.3) is 10.0 Å². The van der Waals surface area contributed by atoms with Gasteiger partial charge in [0, 0.05) is 32.7 Å². The van der Waals surface area contributed by atoms with Gasteiger partial charge in [0.05, 0.1) is 0 Å². The molecular weight excluding hydrogens is 426 g/mol. The van der Waals surface area contributed by atoms with Gasteiger partial charge in [-0.1, -0.05) is 29.8 Å². The molecule has 0 fully saturated rings. The van der Waals surface area contributed by atoms with E-state index in [0.29, 0.717) is 20.6 Å². The van der Waals surface area contributed by atoms with Gasteiger partial charge in [-0.3, -0.25) is 4.72 Å². The maximum Gasteiger partial charge on any atom is 0.272 e. The fraction of sp³-hybridized carbons (Fsp3) is 0.238. The molecule has 0 aliphatic rings. The van der Waals surface area contributed by atoms with E-state index < -0.39 is 10.0 Å². The summed E-state index contributed by atoms with van der Waals surface area (Å²) in [6.45, 7) is 2.64. The molecule has 2 aromatic carbocycles. The lowest BCUT2D eigenvalue weighted by molar-refractivity contribution is 0.414. The summed E-state index contributed by atoms with van der Waals surface area (Å²) in [7, 11) is 0.262. The molecule has 5 nitrogen and oxygen atoms in total. The van der Waals surface area contributed by atoms with Gasteiger partial charge in [0.1, 0.15) is 10.0 Å². The summed E-state index contributed by atoms with van der Waals surface area (Å²) in [4.78, 5) is 5.33. The van der Waals surface area contributed by atoms with E-state index in [1.807, 2.05) is 57.4 Å². The number of benzene rings is 2. The number of rotatable bonds is 6. The van der Waals surface area contributed by atoms with Crippen LogP contribution in [0, 0.1) is 6.92 Å². The van der Waals surface area contributed by atoms with E-state index in [9.17, 15) is 8.42 Å². The van der Waals surface area contributed by atoms with Gasteiger partial charge >= 0.3 is 0 Å². The number of fused-ring (bicyclic) bond motifs is 2. The lowest BCUT2D eigenvalue weighted by Crippen LogP contribution is -2.17. The predicted molar refractivity (Wildman–Crippen MR) is 123 cm³/mol. The quantitative estimate of drug-likeness (QED) is 0.424. The van der Waals surface area contributed by atoms with Crippen molar-refractivity contribution in [3.8, 4) is 0 Å². The van der Waals surface area contributed by atoms with Crippen LogP contribution in [0.1, 0.15) is 11.1 Å².